The Morgan fingerprint density at radius 1 is 1.60 bits per heavy atom. The van der Waals surface area contributed by atoms with Crippen molar-refractivity contribution in [1.82, 2.24) is 0 Å². The first-order chi connectivity index (χ1) is 7.20. The zero-order chi connectivity index (χ0) is 10.8. The molecule has 1 atom stereocenters. The minimum Gasteiger partial charge on any atom is -0.392 e. The number of halogens is 2. The second-order valence-corrected chi connectivity index (χ2v) is 4.54. The number of aliphatic hydroxyl groups is 1. The topological polar surface area (TPSA) is 41.8 Å². The third kappa shape index (κ3) is 2.33. The molecule has 3 nitrogen and oxygen atoms in total. The summed E-state index contributed by atoms with van der Waals surface area (Å²) in [6, 6.07) is 5.61. The fourth-order valence-electron chi connectivity index (χ4n) is 1.37. The Kier molecular flexibility index (Phi) is 3.29. The highest BCUT2D eigenvalue weighted by Gasteiger charge is 2.21. The maximum atomic E-state index is 8.90. The monoisotopic (exact) mass is 289 g/mol. The lowest BCUT2D eigenvalue weighted by atomic mass is 10.1. The van der Waals surface area contributed by atoms with Crippen LogP contribution in [0.5, 0.6) is 0 Å². The summed E-state index contributed by atoms with van der Waals surface area (Å²) in [5.41, 5.74) is 1.75. The number of oxime groups is 1. The van der Waals surface area contributed by atoms with Crippen LogP contribution in [0.15, 0.2) is 27.8 Å². The van der Waals surface area contributed by atoms with E-state index in [0.717, 1.165) is 15.7 Å². The van der Waals surface area contributed by atoms with Crippen molar-refractivity contribution in [3.63, 3.8) is 0 Å². The van der Waals surface area contributed by atoms with E-state index in [2.05, 4.69) is 21.1 Å². The van der Waals surface area contributed by atoms with Crippen molar-refractivity contribution in [2.45, 2.75) is 12.5 Å². The molecule has 0 aromatic heterocycles. The fraction of sp³-hybridized carbons (Fsp3) is 0.300. The molecular weight excluding hydrogens is 281 g/mol. The first kappa shape index (κ1) is 10.9. The van der Waals surface area contributed by atoms with Crippen LogP contribution < -0.4 is 0 Å². The van der Waals surface area contributed by atoms with Gasteiger partial charge in [0.2, 0.25) is 0 Å². The second-order valence-electron chi connectivity index (χ2n) is 3.28. The first-order valence-electron chi connectivity index (χ1n) is 4.49. The van der Waals surface area contributed by atoms with E-state index in [9.17, 15) is 0 Å². The number of rotatable bonds is 2. The molecule has 0 radical (unpaired) electrons. The van der Waals surface area contributed by atoms with E-state index >= 15 is 0 Å². The highest BCUT2D eigenvalue weighted by atomic mass is 79.9. The zero-order valence-electron chi connectivity index (χ0n) is 7.78. The Balaban J connectivity index is 2.21. The zero-order valence-corrected chi connectivity index (χ0v) is 10.1. The predicted molar refractivity (Wildman–Crippen MR) is 62.3 cm³/mol. The maximum absolute atomic E-state index is 8.90. The molecule has 15 heavy (non-hydrogen) atoms. The highest BCUT2D eigenvalue weighted by Crippen LogP contribution is 2.25. The summed E-state index contributed by atoms with van der Waals surface area (Å²) >= 11 is 9.29. The SMILES string of the molecule is OCC1CC(c2ccc(Br)c(Cl)c2)=NO1. The van der Waals surface area contributed by atoms with E-state index in [1.807, 2.05) is 18.2 Å². The lowest BCUT2D eigenvalue weighted by Gasteiger charge is -2.02. The van der Waals surface area contributed by atoms with E-state index in [1.165, 1.54) is 0 Å². The molecule has 1 heterocycles. The number of hydrogen-bond acceptors (Lipinski definition) is 3. The molecule has 0 bridgehead atoms. The summed E-state index contributed by atoms with van der Waals surface area (Å²) in [5, 5.41) is 13.5. The summed E-state index contributed by atoms with van der Waals surface area (Å²) in [6.07, 6.45) is 0.400. The van der Waals surface area contributed by atoms with Crippen molar-refractivity contribution in [1.29, 1.82) is 0 Å². The normalized spacial score (nSPS) is 19.9. The van der Waals surface area contributed by atoms with Gasteiger partial charge in [0.15, 0.2) is 6.10 Å². The van der Waals surface area contributed by atoms with Gasteiger partial charge in [-0.2, -0.15) is 0 Å². The highest BCUT2D eigenvalue weighted by molar-refractivity contribution is 9.10. The predicted octanol–water partition coefficient (Wildman–Crippen LogP) is 2.59. The quantitative estimate of drug-likeness (QED) is 0.909. The maximum Gasteiger partial charge on any atom is 0.156 e. The Bertz CT molecular complexity index is 408. The Labute approximate surface area is 101 Å². The summed E-state index contributed by atoms with van der Waals surface area (Å²) < 4.78 is 0.853. The van der Waals surface area contributed by atoms with Crippen LogP contribution in [0.3, 0.4) is 0 Å². The number of nitrogens with zero attached hydrogens (tertiary/aromatic N) is 1. The van der Waals surface area contributed by atoms with Crippen LogP contribution in [0.1, 0.15) is 12.0 Å². The molecule has 0 amide bonds. The van der Waals surface area contributed by atoms with Crippen LogP contribution in [-0.4, -0.2) is 23.5 Å². The fourth-order valence-corrected chi connectivity index (χ4v) is 1.80. The van der Waals surface area contributed by atoms with Crippen LogP contribution in [-0.2, 0) is 4.84 Å². The van der Waals surface area contributed by atoms with Gasteiger partial charge in [0.25, 0.3) is 0 Å². The van der Waals surface area contributed by atoms with Crippen molar-refractivity contribution >= 4 is 33.2 Å². The average Bonchev–Trinajstić information content (AvgIpc) is 2.70. The van der Waals surface area contributed by atoms with Gasteiger partial charge in [-0.3, -0.25) is 0 Å². The summed E-state index contributed by atoms with van der Waals surface area (Å²) in [7, 11) is 0. The number of benzene rings is 1. The van der Waals surface area contributed by atoms with Gasteiger partial charge in [-0.25, -0.2) is 0 Å². The average molecular weight is 291 g/mol. The standard InChI is InChI=1S/C10H9BrClNO2/c11-8-2-1-6(3-9(8)12)10-4-7(5-14)15-13-10/h1-3,7,14H,4-5H2. The van der Waals surface area contributed by atoms with Gasteiger partial charge in [-0.05, 0) is 28.1 Å². The van der Waals surface area contributed by atoms with Crippen molar-refractivity contribution in [3.8, 4) is 0 Å². The molecule has 0 fully saturated rings. The van der Waals surface area contributed by atoms with Crippen molar-refractivity contribution in [2.24, 2.45) is 5.16 Å². The smallest absolute Gasteiger partial charge is 0.156 e. The molecule has 0 spiro atoms. The molecule has 0 saturated carbocycles. The van der Waals surface area contributed by atoms with Gasteiger partial charge in [-0.15, -0.1) is 0 Å². The molecule has 1 unspecified atom stereocenters. The molecule has 1 aromatic carbocycles. The summed E-state index contributed by atoms with van der Waals surface area (Å²) in [4.78, 5) is 5.02. The van der Waals surface area contributed by atoms with Crippen molar-refractivity contribution in [2.75, 3.05) is 6.61 Å². The van der Waals surface area contributed by atoms with Crippen molar-refractivity contribution in [3.05, 3.63) is 33.3 Å². The van der Waals surface area contributed by atoms with Gasteiger partial charge in [0, 0.05) is 16.5 Å². The van der Waals surface area contributed by atoms with Gasteiger partial charge >= 0.3 is 0 Å². The summed E-state index contributed by atoms with van der Waals surface area (Å²) in [5.74, 6) is 0. The third-order valence-corrected chi connectivity index (χ3v) is 3.42. The molecule has 2 rings (SSSR count). The molecule has 1 aromatic rings. The minimum atomic E-state index is -0.220. The van der Waals surface area contributed by atoms with Crippen LogP contribution in [0.25, 0.3) is 0 Å². The molecule has 80 valence electrons. The molecule has 1 aliphatic rings. The Morgan fingerprint density at radius 3 is 3.00 bits per heavy atom. The van der Waals surface area contributed by atoms with Gasteiger partial charge in [0.1, 0.15) is 0 Å². The molecule has 0 aliphatic carbocycles. The van der Waals surface area contributed by atoms with Crippen LogP contribution in [0.2, 0.25) is 5.02 Å². The third-order valence-electron chi connectivity index (χ3n) is 2.19. The Hall–Kier alpha value is -0.580. The largest absolute Gasteiger partial charge is 0.392 e. The van der Waals surface area contributed by atoms with E-state index in [-0.39, 0.29) is 12.7 Å². The molecular formula is C10H9BrClNO2. The van der Waals surface area contributed by atoms with E-state index in [0.29, 0.717) is 11.4 Å². The Morgan fingerprint density at radius 2 is 2.40 bits per heavy atom. The number of hydrogen-bond donors (Lipinski definition) is 1. The van der Waals surface area contributed by atoms with E-state index in [4.69, 9.17) is 21.5 Å². The summed E-state index contributed by atoms with van der Waals surface area (Å²) in [6.45, 7) is -0.0166. The molecule has 5 heteroatoms. The van der Waals surface area contributed by atoms with Crippen LogP contribution in [0.4, 0.5) is 0 Å². The molecule has 0 saturated heterocycles. The van der Waals surface area contributed by atoms with Crippen LogP contribution >= 0.6 is 27.5 Å². The van der Waals surface area contributed by atoms with Gasteiger partial charge in [0.05, 0.1) is 17.3 Å². The van der Waals surface area contributed by atoms with Crippen molar-refractivity contribution < 1.29 is 9.94 Å². The lowest BCUT2D eigenvalue weighted by Crippen LogP contribution is -2.12. The molecule has 1 N–H and O–H groups in total. The minimum absolute atomic E-state index is 0.0166. The first-order valence-corrected chi connectivity index (χ1v) is 5.67. The molecule has 1 aliphatic heterocycles. The lowest BCUT2D eigenvalue weighted by molar-refractivity contribution is 0.0390. The van der Waals surface area contributed by atoms with Gasteiger partial charge in [-0.1, -0.05) is 22.8 Å². The second kappa shape index (κ2) is 4.51. The van der Waals surface area contributed by atoms with E-state index in [1.54, 1.807) is 0 Å². The van der Waals surface area contributed by atoms with Gasteiger partial charge < -0.3 is 9.94 Å². The number of aliphatic hydroxyl groups excluding tert-OH is 1. The van der Waals surface area contributed by atoms with Crippen LogP contribution in [0, 0.1) is 0 Å². The van der Waals surface area contributed by atoms with E-state index < -0.39 is 0 Å².